The van der Waals surface area contributed by atoms with Crippen LogP contribution in [0.2, 0.25) is 0 Å². The average molecular weight is 244 g/mol. The third-order valence-electron chi connectivity index (χ3n) is 2.10. The van der Waals surface area contributed by atoms with Crippen LogP contribution in [0.3, 0.4) is 0 Å². The average Bonchev–Trinajstić information content (AvgIpc) is 2.66. The van der Waals surface area contributed by atoms with Gasteiger partial charge in [0.2, 0.25) is 0 Å². The van der Waals surface area contributed by atoms with Crippen molar-refractivity contribution >= 4 is 14.3 Å². The Balaban J connectivity index is 3.04. The lowest BCUT2D eigenvalue weighted by Gasteiger charge is -2.27. The normalized spacial score (nSPS) is 12.0. The van der Waals surface area contributed by atoms with Crippen LogP contribution in [0.5, 0.6) is 0 Å². The second-order valence-corrected chi connectivity index (χ2v) is 5.64. The summed E-state index contributed by atoms with van der Waals surface area (Å²) < 4.78 is 19.1. The zero-order valence-electron chi connectivity index (χ0n) is 10.4. The van der Waals surface area contributed by atoms with Gasteiger partial charge in [-0.2, -0.15) is 0 Å². The van der Waals surface area contributed by atoms with Crippen molar-refractivity contribution in [2.24, 2.45) is 7.05 Å². The highest BCUT2D eigenvalue weighted by Gasteiger charge is 2.47. The van der Waals surface area contributed by atoms with E-state index in [9.17, 15) is 0 Å². The van der Waals surface area contributed by atoms with E-state index in [0.717, 1.165) is 5.45 Å². The fourth-order valence-corrected chi connectivity index (χ4v) is 4.07. The standard InChI is InChI=1S/C10H20N2O3Si/c1-5-13-16(14-6-2,15-7-3)10-11-8-9-12(10)4/h8-9H,5-7H2,1-4H3. The minimum atomic E-state index is -2.81. The van der Waals surface area contributed by atoms with Crippen LogP contribution in [0.15, 0.2) is 12.4 Å². The zero-order valence-corrected chi connectivity index (χ0v) is 11.4. The summed E-state index contributed by atoms with van der Waals surface area (Å²) in [5.74, 6) is 0. The molecule has 0 N–H and O–H groups in total. The van der Waals surface area contributed by atoms with Crippen molar-refractivity contribution in [3.05, 3.63) is 12.4 Å². The minimum Gasteiger partial charge on any atom is -0.369 e. The molecule has 0 aromatic carbocycles. The van der Waals surface area contributed by atoms with Crippen LogP contribution < -0.4 is 5.45 Å². The first-order chi connectivity index (χ1) is 7.70. The second-order valence-electron chi connectivity index (χ2n) is 3.22. The Morgan fingerprint density at radius 3 is 1.94 bits per heavy atom. The molecule has 0 saturated carbocycles. The highest BCUT2D eigenvalue weighted by Crippen LogP contribution is 2.09. The van der Waals surface area contributed by atoms with E-state index in [1.54, 1.807) is 6.20 Å². The molecule has 0 fully saturated rings. The maximum Gasteiger partial charge on any atom is 0.574 e. The molecule has 1 aromatic rings. The molecule has 92 valence electrons. The van der Waals surface area contributed by atoms with Gasteiger partial charge in [0.05, 0.1) is 0 Å². The van der Waals surface area contributed by atoms with Gasteiger partial charge < -0.3 is 17.8 Å². The van der Waals surface area contributed by atoms with Crippen molar-refractivity contribution in [3.8, 4) is 0 Å². The van der Waals surface area contributed by atoms with Crippen molar-refractivity contribution in [2.75, 3.05) is 19.8 Å². The summed E-state index contributed by atoms with van der Waals surface area (Å²) >= 11 is 0. The van der Waals surface area contributed by atoms with Gasteiger partial charge in [-0.3, -0.25) is 0 Å². The molecule has 0 amide bonds. The number of nitrogens with zero attached hydrogens (tertiary/aromatic N) is 2. The molecule has 1 aromatic heterocycles. The van der Waals surface area contributed by atoms with Crippen LogP contribution in [-0.2, 0) is 20.3 Å². The van der Waals surface area contributed by atoms with Gasteiger partial charge in [-0.25, -0.2) is 4.98 Å². The van der Waals surface area contributed by atoms with E-state index in [2.05, 4.69) is 4.98 Å². The summed E-state index contributed by atoms with van der Waals surface area (Å²) in [5.41, 5.74) is 0.762. The van der Waals surface area contributed by atoms with E-state index < -0.39 is 8.80 Å². The van der Waals surface area contributed by atoms with Crippen LogP contribution in [0, 0.1) is 0 Å². The SMILES string of the molecule is CCO[Si](OCC)(OCC)c1nccn1C. The van der Waals surface area contributed by atoms with Crippen LogP contribution in [0.25, 0.3) is 0 Å². The van der Waals surface area contributed by atoms with Crippen LogP contribution >= 0.6 is 0 Å². The lowest BCUT2D eigenvalue weighted by Crippen LogP contribution is -2.60. The Bertz CT molecular complexity index is 300. The minimum absolute atomic E-state index is 0.555. The summed E-state index contributed by atoms with van der Waals surface area (Å²) in [6, 6.07) is 0. The first-order valence-electron chi connectivity index (χ1n) is 5.59. The summed E-state index contributed by atoms with van der Waals surface area (Å²) in [6.07, 6.45) is 3.60. The van der Waals surface area contributed by atoms with Gasteiger partial charge in [-0.05, 0) is 20.8 Å². The topological polar surface area (TPSA) is 45.5 Å². The van der Waals surface area contributed by atoms with E-state index in [1.165, 1.54) is 0 Å². The van der Waals surface area contributed by atoms with Gasteiger partial charge in [0.25, 0.3) is 0 Å². The quantitative estimate of drug-likeness (QED) is 0.662. The number of hydrogen-bond donors (Lipinski definition) is 0. The zero-order chi connectivity index (χ0) is 12.0. The predicted octanol–water partition coefficient (Wildman–Crippen LogP) is 0.675. The number of hydrogen-bond acceptors (Lipinski definition) is 4. The Morgan fingerprint density at radius 2 is 1.62 bits per heavy atom. The lowest BCUT2D eigenvalue weighted by atomic mass is 10.9. The highest BCUT2D eigenvalue weighted by molar-refractivity contribution is 6.74. The molecule has 0 radical (unpaired) electrons. The summed E-state index contributed by atoms with van der Waals surface area (Å²) in [7, 11) is -0.894. The van der Waals surface area contributed by atoms with Crippen LogP contribution in [0.1, 0.15) is 20.8 Å². The van der Waals surface area contributed by atoms with E-state index >= 15 is 0 Å². The molecule has 0 unspecified atom stereocenters. The number of rotatable bonds is 7. The fourth-order valence-electron chi connectivity index (χ4n) is 1.55. The van der Waals surface area contributed by atoms with Crippen molar-refractivity contribution < 1.29 is 13.3 Å². The largest absolute Gasteiger partial charge is 0.574 e. The molecule has 0 aliphatic rings. The first-order valence-corrected chi connectivity index (χ1v) is 7.32. The summed E-state index contributed by atoms with van der Waals surface area (Å²) in [5, 5.41) is 0. The van der Waals surface area contributed by atoms with Crippen LogP contribution in [0.4, 0.5) is 0 Å². The Morgan fingerprint density at radius 1 is 1.12 bits per heavy atom. The Hall–Kier alpha value is -0.693. The van der Waals surface area contributed by atoms with Gasteiger partial charge in [0.15, 0.2) is 5.45 Å². The summed E-state index contributed by atoms with van der Waals surface area (Å²) in [6.45, 7) is 7.46. The van der Waals surface area contributed by atoms with E-state index in [4.69, 9.17) is 13.3 Å². The molecule has 1 heterocycles. The number of aryl methyl sites for hydroxylation is 1. The lowest BCUT2D eigenvalue weighted by molar-refractivity contribution is 0.0835. The maximum atomic E-state index is 5.75. The van der Waals surface area contributed by atoms with E-state index in [-0.39, 0.29) is 0 Å². The molecule has 0 bridgehead atoms. The van der Waals surface area contributed by atoms with Gasteiger partial charge in [-0.15, -0.1) is 0 Å². The first kappa shape index (κ1) is 13.4. The molecule has 0 atom stereocenters. The van der Waals surface area contributed by atoms with E-state index in [0.29, 0.717) is 19.8 Å². The van der Waals surface area contributed by atoms with Gasteiger partial charge in [-0.1, -0.05) is 0 Å². The van der Waals surface area contributed by atoms with Crippen molar-refractivity contribution in [1.29, 1.82) is 0 Å². The molecule has 0 aliphatic carbocycles. The molecule has 0 spiro atoms. The maximum absolute atomic E-state index is 5.75. The molecule has 16 heavy (non-hydrogen) atoms. The monoisotopic (exact) mass is 244 g/mol. The molecular weight excluding hydrogens is 224 g/mol. The number of aromatic nitrogens is 2. The third-order valence-corrected chi connectivity index (χ3v) is 5.13. The highest BCUT2D eigenvalue weighted by atomic mass is 28.4. The smallest absolute Gasteiger partial charge is 0.369 e. The molecule has 1 rings (SSSR count). The molecule has 6 heteroatoms. The second kappa shape index (κ2) is 6.14. The predicted molar refractivity (Wildman–Crippen MR) is 63.5 cm³/mol. The number of imidazole rings is 1. The van der Waals surface area contributed by atoms with Crippen molar-refractivity contribution in [2.45, 2.75) is 20.8 Å². The van der Waals surface area contributed by atoms with Gasteiger partial charge >= 0.3 is 8.80 Å². The Labute approximate surface area is 97.7 Å². The Kier molecular flexibility index (Phi) is 5.13. The molecule has 0 aliphatic heterocycles. The molecule has 0 saturated heterocycles. The molecule has 5 nitrogen and oxygen atoms in total. The van der Waals surface area contributed by atoms with Gasteiger partial charge in [0, 0.05) is 39.3 Å². The summed E-state index contributed by atoms with van der Waals surface area (Å²) in [4.78, 5) is 4.29. The third kappa shape index (κ3) is 2.70. The van der Waals surface area contributed by atoms with Crippen molar-refractivity contribution in [3.63, 3.8) is 0 Å². The van der Waals surface area contributed by atoms with E-state index in [1.807, 2.05) is 38.6 Å². The van der Waals surface area contributed by atoms with Gasteiger partial charge in [0.1, 0.15) is 0 Å². The molecular formula is C10H20N2O3Si. The van der Waals surface area contributed by atoms with Crippen molar-refractivity contribution in [1.82, 2.24) is 9.55 Å². The van der Waals surface area contributed by atoms with Crippen LogP contribution in [-0.4, -0.2) is 38.2 Å². The fraction of sp³-hybridized carbons (Fsp3) is 0.700.